The highest BCUT2D eigenvalue weighted by atomic mass is 32.2. The molecule has 60 heavy (non-hydrogen) atoms. The topological polar surface area (TPSA) is 219 Å². The van der Waals surface area contributed by atoms with Gasteiger partial charge in [-0.05, 0) is 90.6 Å². The predicted octanol–water partition coefficient (Wildman–Crippen LogP) is 8.29. The molecule has 0 saturated heterocycles. The second kappa shape index (κ2) is 20.5. The Morgan fingerprint density at radius 3 is 1.87 bits per heavy atom. The zero-order valence-electron chi connectivity index (χ0n) is 32.7. The second-order valence-electron chi connectivity index (χ2n) is 13.0. The monoisotopic (exact) mass is 831 g/mol. The summed E-state index contributed by atoms with van der Waals surface area (Å²) in [5.74, 6) is -1.30. The van der Waals surface area contributed by atoms with Crippen molar-refractivity contribution in [1.82, 2.24) is 0 Å². The van der Waals surface area contributed by atoms with Gasteiger partial charge in [-0.15, -0.1) is 0 Å². The molecule has 0 bridgehead atoms. The molecule has 3 aromatic rings. The maximum Gasteiger partial charge on any atom is 0.270 e. The van der Waals surface area contributed by atoms with Crippen molar-refractivity contribution in [3.05, 3.63) is 172 Å². The van der Waals surface area contributed by atoms with Crippen molar-refractivity contribution in [3.63, 3.8) is 0 Å². The zero-order valence-corrected chi connectivity index (χ0v) is 34.4. The molecular weight excluding hydrogens is 795 g/mol. The van der Waals surface area contributed by atoms with E-state index in [1.54, 1.807) is 12.2 Å². The third-order valence-corrected chi connectivity index (χ3v) is 10.0. The summed E-state index contributed by atoms with van der Waals surface area (Å²) >= 11 is 0. The first kappa shape index (κ1) is 44.8. The van der Waals surface area contributed by atoms with E-state index in [2.05, 4.69) is 31.3 Å². The van der Waals surface area contributed by atoms with E-state index in [1.807, 2.05) is 67.6 Å². The van der Waals surface area contributed by atoms with Crippen LogP contribution in [0.2, 0.25) is 0 Å². The molecule has 0 atom stereocenters. The summed E-state index contributed by atoms with van der Waals surface area (Å²) in [7, 11) is -7.10. The molecule has 1 aliphatic carbocycles. The lowest BCUT2D eigenvalue weighted by Gasteiger charge is -2.27. The van der Waals surface area contributed by atoms with Crippen LogP contribution in [0.15, 0.2) is 149 Å². The summed E-state index contributed by atoms with van der Waals surface area (Å²) in [6, 6.07) is 31.7. The number of sulfonamides is 2. The summed E-state index contributed by atoms with van der Waals surface area (Å²) in [6.07, 6.45) is 13.3. The highest BCUT2D eigenvalue weighted by Gasteiger charge is 2.24. The molecule has 2 N–H and O–H groups in total. The number of hydrogen-bond acceptors (Lipinski definition) is 10. The maximum atomic E-state index is 11.7. The number of hydrogen-bond donors (Lipinski definition) is 2. The molecule has 0 aliphatic heterocycles. The fourth-order valence-corrected chi connectivity index (χ4v) is 7.52. The molecular formula is C45H37N9O4S2. The van der Waals surface area contributed by atoms with Gasteiger partial charge in [-0.25, -0.2) is 26.9 Å². The van der Waals surface area contributed by atoms with E-state index >= 15 is 0 Å². The Hall–Kier alpha value is -7.92. The van der Waals surface area contributed by atoms with Gasteiger partial charge in [-0.2, -0.15) is 21.0 Å². The van der Waals surface area contributed by atoms with Crippen LogP contribution < -0.4 is 14.3 Å². The number of likely N-dealkylation sites (N-methyl/N-ethyl adjacent to an activating group) is 1. The molecule has 15 heteroatoms. The Morgan fingerprint density at radius 2 is 1.38 bits per heavy atom. The van der Waals surface area contributed by atoms with Gasteiger partial charge in [0.1, 0.15) is 0 Å². The van der Waals surface area contributed by atoms with Crippen molar-refractivity contribution in [2.75, 3.05) is 33.4 Å². The first-order valence-electron chi connectivity index (χ1n) is 18.0. The van der Waals surface area contributed by atoms with E-state index in [4.69, 9.17) is 6.57 Å². The van der Waals surface area contributed by atoms with E-state index in [1.165, 1.54) is 60.7 Å². The minimum absolute atomic E-state index is 0.0397. The lowest BCUT2D eigenvalue weighted by atomic mass is 9.90. The average Bonchev–Trinajstić information content (AvgIpc) is 3.61. The molecule has 1 aliphatic rings. The largest absolute Gasteiger partial charge is 0.341 e. The minimum Gasteiger partial charge on any atom is -0.341 e. The molecule has 4 rings (SSSR count). The van der Waals surface area contributed by atoms with Crippen molar-refractivity contribution in [2.45, 2.75) is 19.8 Å². The fourth-order valence-electron chi connectivity index (χ4n) is 6.39. The van der Waals surface area contributed by atoms with Crippen LogP contribution in [0.25, 0.3) is 16.0 Å². The smallest absolute Gasteiger partial charge is 0.270 e. The standard InChI is InChI=1S/C45H37N9O4S2/c1-5-54(41-15-7-6-8-16-41)45-34(11-9-13-36(27-46)43(38(29-48)30-49)32-19-23-39(24-20-32)52-59(3,55)56)17-18-35(45)12-10-14-37(28-47)44(42(31-50)51-2)33-21-25-40(26-22-33)53-60(4,57)58/h6-16,19-26,38,52-53H,5,17-18H2,1,3-4H3/b12-10+,13-9+,34-11+,37-14+,43-36-,44-42-. The quantitative estimate of drug-likeness (QED) is 0.0848. The average molecular weight is 832 g/mol. The molecule has 0 fully saturated rings. The number of para-hydroxylation sites is 1. The number of benzene rings is 3. The summed E-state index contributed by atoms with van der Waals surface area (Å²) in [6.45, 7) is 10.2. The van der Waals surface area contributed by atoms with Crippen LogP contribution in [0.4, 0.5) is 17.1 Å². The molecule has 0 saturated carbocycles. The number of anilines is 3. The molecule has 13 nitrogen and oxygen atoms in total. The number of rotatable bonds is 15. The van der Waals surface area contributed by atoms with Crippen molar-refractivity contribution >= 4 is 48.3 Å². The zero-order chi connectivity index (χ0) is 43.9. The SMILES string of the molecule is [C-]#[N+]\C(C#N)=C(/C(C#N)=C/C=C/C1=C(N(CC)c2ccccc2)C(=C/C=C/C(C#N)=C(\c2ccc(NS(C)(=O)=O)cc2)C(C#N)C#N)/CC1)c1ccc(NS(C)(=O)=O)cc1. The number of allylic oxidation sites excluding steroid dienone is 13. The first-order chi connectivity index (χ1) is 28.7. The van der Waals surface area contributed by atoms with Crippen LogP contribution in [0.5, 0.6) is 0 Å². The Balaban J connectivity index is 1.82. The normalized spacial score (nSPS) is 14.6. The van der Waals surface area contributed by atoms with Gasteiger partial charge in [0.25, 0.3) is 5.70 Å². The predicted molar refractivity (Wildman–Crippen MR) is 232 cm³/mol. The molecule has 0 unspecified atom stereocenters. The van der Waals surface area contributed by atoms with Gasteiger partial charge in [0.15, 0.2) is 5.92 Å². The summed E-state index contributed by atoms with van der Waals surface area (Å²) in [5, 5.41) is 50.0. The van der Waals surface area contributed by atoms with E-state index in [-0.39, 0.29) is 39.4 Å². The summed E-state index contributed by atoms with van der Waals surface area (Å²) < 4.78 is 51.6. The molecule has 0 radical (unpaired) electrons. The van der Waals surface area contributed by atoms with E-state index in [0.717, 1.165) is 35.0 Å². The fraction of sp³-hybridized carbons (Fsp3) is 0.156. The second-order valence-corrected chi connectivity index (χ2v) is 16.5. The van der Waals surface area contributed by atoms with Crippen molar-refractivity contribution in [3.8, 4) is 30.3 Å². The van der Waals surface area contributed by atoms with Gasteiger partial charge >= 0.3 is 0 Å². The van der Waals surface area contributed by atoms with Gasteiger partial charge in [-0.3, -0.25) is 9.44 Å². The minimum atomic E-state index is -3.55. The Morgan fingerprint density at radius 1 is 0.800 bits per heavy atom. The van der Waals surface area contributed by atoms with E-state index < -0.39 is 26.0 Å². The van der Waals surface area contributed by atoms with Crippen LogP contribution in [-0.2, 0) is 20.0 Å². The van der Waals surface area contributed by atoms with Gasteiger partial charge in [0.05, 0.1) is 60.6 Å². The Labute approximate surface area is 351 Å². The van der Waals surface area contributed by atoms with Crippen molar-refractivity contribution < 1.29 is 16.8 Å². The molecule has 0 heterocycles. The molecule has 0 spiro atoms. The van der Waals surface area contributed by atoms with E-state index in [9.17, 15) is 43.1 Å². The number of nitriles is 5. The Kier molecular flexibility index (Phi) is 15.3. The molecule has 0 amide bonds. The molecule has 298 valence electrons. The van der Waals surface area contributed by atoms with Crippen LogP contribution in [-0.4, -0.2) is 35.9 Å². The number of nitrogens with one attached hydrogen (secondary N) is 2. The summed E-state index contributed by atoms with van der Waals surface area (Å²) in [4.78, 5) is 5.48. The molecule has 0 aromatic heterocycles. The van der Waals surface area contributed by atoms with Crippen LogP contribution >= 0.6 is 0 Å². The highest BCUT2D eigenvalue weighted by molar-refractivity contribution is 7.92. The maximum absolute atomic E-state index is 11.7. The lowest BCUT2D eigenvalue weighted by Crippen LogP contribution is -2.22. The first-order valence-corrected chi connectivity index (χ1v) is 21.8. The lowest BCUT2D eigenvalue weighted by molar-refractivity contribution is 0.605. The van der Waals surface area contributed by atoms with Gasteiger partial charge in [0, 0.05) is 40.5 Å². The van der Waals surface area contributed by atoms with Gasteiger partial charge < -0.3 is 4.90 Å². The summed E-state index contributed by atoms with van der Waals surface area (Å²) in [5.41, 5.74) is 4.98. The van der Waals surface area contributed by atoms with Gasteiger partial charge in [0.2, 0.25) is 20.0 Å². The third-order valence-electron chi connectivity index (χ3n) is 8.82. The van der Waals surface area contributed by atoms with Crippen molar-refractivity contribution in [1.29, 1.82) is 26.3 Å². The third kappa shape index (κ3) is 11.8. The van der Waals surface area contributed by atoms with Gasteiger partial charge in [-0.1, -0.05) is 66.8 Å². The van der Waals surface area contributed by atoms with E-state index in [0.29, 0.717) is 30.5 Å². The van der Waals surface area contributed by atoms with Crippen molar-refractivity contribution in [2.24, 2.45) is 5.92 Å². The van der Waals surface area contributed by atoms with Crippen LogP contribution in [0.1, 0.15) is 30.9 Å². The van der Waals surface area contributed by atoms with Crippen LogP contribution in [0, 0.1) is 69.1 Å². The number of nitrogens with zero attached hydrogens (tertiary/aromatic N) is 7. The van der Waals surface area contributed by atoms with Crippen LogP contribution in [0.3, 0.4) is 0 Å². The highest BCUT2D eigenvalue weighted by Crippen LogP contribution is 2.38. The molecule has 3 aromatic carbocycles. The Bertz CT molecular complexity index is 2820.